The Bertz CT molecular complexity index is 474. The van der Waals surface area contributed by atoms with Crippen LogP contribution in [0.4, 0.5) is 4.39 Å². The lowest BCUT2D eigenvalue weighted by molar-refractivity contribution is 0.559. The van der Waals surface area contributed by atoms with Crippen molar-refractivity contribution in [1.82, 2.24) is 4.72 Å². The molecule has 1 rings (SSSR count). The molecule has 0 saturated carbocycles. The van der Waals surface area contributed by atoms with Gasteiger partial charge in [-0.2, -0.15) is 0 Å². The van der Waals surface area contributed by atoms with Gasteiger partial charge in [0.1, 0.15) is 5.82 Å². The van der Waals surface area contributed by atoms with Crippen LogP contribution in [0.3, 0.4) is 0 Å². The molecule has 0 aliphatic heterocycles. The van der Waals surface area contributed by atoms with Gasteiger partial charge in [0.15, 0.2) is 0 Å². The minimum absolute atomic E-state index is 0.0282. The Morgan fingerprint density at radius 3 is 2.56 bits per heavy atom. The van der Waals surface area contributed by atoms with Crippen molar-refractivity contribution in [2.75, 3.05) is 6.54 Å². The zero-order chi connectivity index (χ0) is 12.3. The second-order valence-electron chi connectivity index (χ2n) is 3.82. The van der Waals surface area contributed by atoms with Crippen LogP contribution < -0.4 is 4.72 Å². The molecule has 0 spiro atoms. The Morgan fingerprint density at radius 1 is 1.44 bits per heavy atom. The van der Waals surface area contributed by atoms with Crippen molar-refractivity contribution in [1.29, 1.82) is 0 Å². The van der Waals surface area contributed by atoms with Crippen LogP contribution in [0.15, 0.2) is 23.1 Å². The van der Waals surface area contributed by atoms with Crippen molar-refractivity contribution < 1.29 is 12.8 Å². The van der Waals surface area contributed by atoms with Crippen LogP contribution in [-0.4, -0.2) is 15.0 Å². The molecule has 90 valence electrons. The van der Waals surface area contributed by atoms with E-state index in [1.807, 2.05) is 13.8 Å². The molecule has 0 radical (unpaired) electrons. The van der Waals surface area contributed by atoms with E-state index in [1.165, 1.54) is 6.07 Å². The molecule has 0 saturated heterocycles. The molecular formula is C10H13ClFNO2S. The van der Waals surface area contributed by atoms with E-state index in [9.17, 15) is 12.8 Å². The quantitative estimate of drug-likeness (QED) is 0.909. The summed E-state index contributed by atoms with van der Waals surface area (Å²) in [5.41, 5.74) is 0. The van der Waals surface area contributed by atoms with E-state index in [0.717, 1.165) is 12.1 Å². The van der Waals surface area contributed by atoms with Gasteiger partial charge >= 0.3 is 0 Å². The molecule has 0 amide bonds. The first-order valence-corrected chi connectivity index (χ1v) is 6.64. The van der Waals surface area contributed by atoms with Crippen molar-refractivity contribution in [3.8, 4) is 0 Å². The summed E-state index contributed by atoms with van der Waals surface area (Å²) in [6.07, 6.45) is 0. The number of nitrogens with one attached hydrogen (secondary N) is 1. The van der Waals surface area contributed by atoms with Gasteiger partial charge in [0.05, 0.1) is 9.92 Å². The molecule has 0 aromatic heterocycles. The number of benzene rings is 1. The number of hydrogen-bond acceptors (Lipinski definition) is 2. The van der Waals surface area contributed by atoms with Crippen LogP contribution in [0.2, 0.25) is 5.02 Å². The second-order valence-corrected chi connectivity index (χ2v) is 6.00. The van der Waals surface area contributed by atoms with Gasteiger partial charge in [-0.15, -0.1) is 0 Å². The predicted molar refractivity (Wildman–Crippen MR) is 61.4 cm³/mol. The van der Waals surface area contributed by atoms with Gasteiger partial charge in [0, 0.05) is 6.54 Å². The fourth-order valence-corrected chi connectivity index (χ4v) is 2.49. The van der Waals surface area contributed by atoms with Crippen LogP contribution >= 0.6 is 11.6 Å². The molecule has 0 aliphatic rings. The lowest BCUT2D eigenvalue weighted by Gasteiger charge is -2.09. The first kappa shape index (κ1) is 13.4. The van der Waals surface area contributed by atoms with Crippen LogP contribution in [0, 0.1) is 11.7 Å². The molecule has 6 heteroatoms. The molecule has 0 aliphatic carbocycles. The van der Waals surface area contributed by atoms with E-state index in [4.69, 9.17) is 11.6 Å². The summed E-state index contributed by atoms with van der Waals surface area (Å²) in [4.78, 5) is -0.0282. The van der Waals surface area contributed by atoms with E-state index in [-0.39, 0.29) is 15.8 Å². The highest BCUT2D eigenvalue weighted by Gasteiger charge is 2.15. The monoisotopic (exact) mass is 265 g/mol. The van der Waals surface area contributed by atoms with Crippen LogP contribution in [0.5, 0.6) is 0 Å². The third-order valence-electron chi connectivity index (χ3n) is 1.88. The van der Waals surface area contributed by atoms with E-state index in [1.54, 1.807) is 0 Å². The van der Waals surface area contributed by atoms with Gasteiger partial charge in [-0.1, -0.05) is 25.4 Å². The van der Waals surface area contributed by atoms with Crippen molar-refractivity contribution in [3.63, 3.8) is 0 Å². The molecule has 0 fully saturated rings. The lowest BCUT2D eigenvalue weighted by atomic mass is 10.2. The van der Waals surface area contributed by atoms with E-state index >= 15 is 0 Å². The Hall–Kier alpha value is -0.650. The number of halogens is 2. The van der Waals surface area contributed by atoms with E-state index in [0.29, 0.717) is 6.54 Å². The molecule has 1 aromatic rings. The maximum absolute atomic E-state index is 12.9. The van der Waals surface area contributed by atoms with Gasteiger partial charge in [-0.25, -0.2) is 17.5 Å². The van der Waals surface area contributed by atoms with E-state index in [2.05, 4.69) is 4.72 Å². The summed E-state index contributed by atoms with van der Waals surface area (Å²) in [5.74, 6) is -0.435. The first-order valence-electron chi connectivity index (χ1n) is 4.77. The molecule has 16 heavy (non-hydrogen) atoms. The highest BCUT2D eigenvalue weighted by atomic mass is 35.5. The molecule has 1 N–H and O–H groups in total. The second kappa shape index (κ2) is 5.12. The summed E-state index contributed by atoms with van der Waals surface area (Å²) >= 11 is 5.52. The van der Waals surface area contributed by atoms with Crippen molar-refractivity contribution in [3.05, 3.63) is 29.0 Å². The zero-order valence-electron chi connectivity index (χ0n) is 9.00. The predicted octanol–water partition coefficient (Wildman–Crippen LogP) is 2.41. The standard InChI is InChI=1S/C10H13ClFNO2S/c1-7(2)6-13-16(14,15)8-3-4-10(12)9(11)5-8/h3-5,7,13H,6H2,1-2H3. The van der Waals surface area contributed by atoms with E-state index < -0.39 is 15.8 Å². The molecule has 0 bridgehead atoms. The van der Waals surface area contributed by atoms with Crippen molar-refractivity contribution in [2.45, 2.75) is 18.7 Å². The Labute approximate surface area is 99.7 Å². The van der Waals surface area contributed by atoms with Crippen LogP contribution in [0.25, 0.3) is 0 Å². The van der Waals surface area contributed by atoms with Crippen LogP contribution in [0.1, 0.15) is 13.8 Å². The van der Waals surface area contributed by atoms with Crippen LogP contribution in [-0.2, 0) is 10.0 Å². The highest BCUT2D eigenvalue weighted by molar-refractivity contribution is 7.89. The summed E-state index contributed by atoms with van der Waals surface area (Å²) in [6.45, 7) is 4.11. The molecule has 0 heterocycles. The zero-order valence-corrected chi connectivity index (χ0v) is 10.6. The minimum atomic E-state index is -3.60. The maximum atomic E-state index is 12.9. The fourth-order valence-electron chi connectivity index (χ4n) is 1.00. The average molecular weight is 266 g/mol. The van der Waals surface area contributed by atoms with Gasteiger partial charge in [0.2, 0.25) is 10.0 Å². The topological polar surface area (TPSA) is 46.2 Å². The summed E-state index contributed by atoms with van der Waals surface area (Å²) in [5, 5.41) is -0.201. The molecule has 3 nitrogen and oxygen atoms in total. The average Bonchev–Trinajstić information content (AvgIpc) is 2.19. The van der Waals surface area contributed by atoms with Crippen molar-refractivity contribution >= 4 is 21.6 Å². The van der Waals surface area contributed by atoms with Gasteiger partial charge < -0.3 is 0 Å². The first-order chi connectivity index (χ1) is 7.33. The minimum Gasteiger partial charge on any atom is -0.211 e. The molecular weight excluding hydrogens is 253 g/mol. The van der Waals surface area contributed by atoms with Crippen molar-refractivity contribution in [2.24, 2.45) is 5.92 Å². The van der Waals surface area contributed by atoms with Gasteiger partial charge in [-0.05, 0) is 24.1 Å². The van der Waals surface area contributed by atoms with Gasteiger partial charge in [0.25, 0.3) is 0 Å². The summed E-state index contributed by atoms with van der Waals surface area (Å²) in [6, 6.07) is 3.32. The number of rotatable bonds is 4. The van der Waals surface area contributed by atoms with Gasteiger partial charge in [-0.3, -0.25) is 0 Å². The number of sulfonamides is 1. The highest BCUT2D eigenvalue weighted by Crippen LogP contribution is 2.19. The third kappa shape index (κ3) is 3.43. The SMILES string of the molecule is CC(C)CNS(=O)(=O)c1ccc(F)c(Cl)c1. The molecule has 1 aromatic carbocycles. The smallest absolute Gasteiger partial charge is 0.211 e. The Kier molecular flexibility index (Phi) is 4.29. The third-order valence-corrected chi connectivity index (χ3v) is 3.59. The number of hydrogen-bond donors (Lipinski definition) is 1. The maximum Gasteiger partial charge on any atom is 0.240 e. The largest absolute Gasteiger partial charge is 0.240 e. The normalized spacial score (nSPS) is 12.1. The summed E-state index contributed by atoms with van der Waals surface area (Å²) < 4.78 is 38.7. The Morgan fingerprint density at radius 2 is 2.06 bits per heavy atom. The summed E-state index contributed by atoms with van der Waals surface area (Å²) in [7, 11) is -3.60. The Balaban J connectivity index is 2.94. The lowest BCUT2D eigenvalue weighted by Crippen LogP contribution is -2.27. The fraction of sp³-hybridized carbons (Fsp3) is 0.400. The molecule has 0 unspecified atom stereocenters. The molecule has 0 atom stereocenters.